The number of rotatable bonds is 2. The van der Waals surface area contributed by atoms with E-state index in [0.29, 0.717) is 0 Å². The summed E-state index contributed by atoms with van der Waals surface area (Å²) in [5.74, 6) is -15.8. The first-order valence-electron chi connectivity index (χ1n) is 10.6. The number of nitriles is 3. The van der Waals surface area contributed by atoms with E-state index in [0.717, 1.165) is 24.3 Å². The van der Waals surface area contributed by atoms with E-state index in [-0.39, 0.29) is 28.0 Å². The second-order valence-corrected chi connectivity index (χ2v) is 8.06. The lowest BCUT2D eigenvalue weighted by Crippen LogP contribution is -2.05. The summed E-state index contributed by atoms with van der Waals surface area (Å²) in [5.41, 5.74) is -5.58. The zero-order chi connectivity index (χ0) is 29.0. The SMILES string of the molecule is N#CN=C1c2cc(C#N)c(-c3c(F)c(F)nc(F)c3F)cc2-c2cc(-c3c(F)c(F)nc(F)c3F)c(C#N)cc21. The second kappa shape index (κ2) is 9.26. The van der Waals surface area contributed by atoms with Crippen LogP contribution in [0.5, 0.6) is 0 Å². The van der Waals surface area contributed by atoms with Crippen LogP contribution in [-0.2, 0) is 0 Å². The van der Waals surface area contributed by atoms with Crippen LogP contribution >= 0.6 is 0 Å². The molecule has 6 nitrogen and oxygen atoms in total. The van der Waals surface area contributed by atoms with Crippen LogP contribution in [0.25, 0.3) is 33.4 Å². The molecule has 0 radical (unpaired) electrons. The van der Waals surface area contributed by atoms with Gasteiger partial charge in [-0.1, -0.05) is 0 Å². The fourth-order valence-corrected chi connectivity index (χ4v) is 4.40. The van der Waals surface area contributed by atoms with Gasteiger partial charge in [0, 0.05) is 22.3 Å². The van der Waals surface area contributed by atoms with Crippen molar-refractivity contribution in [1.82, 2.24) is 9.97 Å². The monoisotopic (exact) mass is 552 g/mol. The summed E-state index contributed by atoms with van der Waals surface area (Å²) < 4.78 is 114. The highest BCUT2D eigenvalue weighted by molar-refractivity contribution is 6.26. The molecule has 0 N–H and O–H groups in total. The van der Waals surface area contributed by atoms with Crippen molar-refractivity contribution in [3.63, 3.8) is 0 Å². The molecule has 1 aliphatic carbocycles. The quantitative estimate of drug-likeness (QED) is 0.152. The van der Waals surface area contributed by atoms with Gasteiger partial charge < -0.3 is 0 Å². The maximum atomic E-state index is 14.6. The van der Waals surface area contributed by atoms with Gasteiger partial charge in [0.15, 0.2) is 23.3 Å². The maximum absolute atomic E-state index is 14.6. The smallest absolute Gasteiger partial charge is 0.201 e. The number of aromatic nitrogens is 2. The standard InChI is InChI=1S/C26H4F8N6/c27-18-16(19(28)24(32)39-23(18)31)10-3-12-13-4-11(17-20(29)25(33)40-26(34)21(17)30)9(6-36)2-15(13)22(38-7-37)14(12)1-8(10)5-35/h1-4H. The van der Waals surface area contributed by atoms with Crippen LogP contribution in [0.3, 0.4) is 0 Å². The highest BCUT2D eigenvalue weighted by Gasteiger charge is 2.33. The van der Waals surface area contributed by atoms with E-state index in [1.54, 1.807) is 12.1 Å². The molecule has 2 aromatic heterocycles. The van der Waals surface area contributed by atoms with Gasteiger partial charge in [-0.15, -0.1) is 0 Å². The Bertz CT molecular complexity index is 1800. The Morgan fingerprint density at radius 2 is 0.850 bits per heavy atom. The summed E-state index contributed by atoms with van der Waals surface area (Å²) in [7, 11) is 0. The molecule has 0 spiro atoms. The molecule has 4 aromatic rings. The molecule has 0 saturated heterocycles. The topological polar surface area (TPSA) is 110 Å². The Balaban J connectivity index is 1.91. The van der Waals surface area contributed by atoms with E-state index < -0.39 is 80.4 Å². The Hall–Kier alpha value is -5.68. The van der Waals surface area contributed by atoms with Gasteiger partial charge in [-0.25, -0.2) is 17.6 Å². The van der Waals surface area contributed by atoms with Crippen LogP contribution in [-0.4, -0.2) is 15.7 Å². The molecule has 1 aliphatic rings. The van der Waals surface area contributed by atoms with Gasteiger partial charge in [0.2, 0.25) is 6.19 Å². The van der Waals surface area contributed by atoms with E-state index in [9.17, 15) is 50.9 Å². The fourth-order valence-electron chi connectivity index (χ4n) is 4.40. The third-order valence-corrected chi connectivity index (χ3v) is 6.05. The van der Waals surface area contributed by atoms with Gasteiger partial charge in [0.1, 0.15) is 0 Å². The Kier molecular flexibility index (Phi) is 6.00. The molecule has 5 rings (SSSR count). The first-order chi connectivity index (χ1) is 19.0. The average Bonchev–Trinajstić information content (AvgIpc) is 3.21. The first-order valence-corrected chi connectivity index (χ1v) is 10.6. The van der Waals surface area contributed by atoms with E-state index >= 15 is 0 Å². The van der Waals surface area contributed by atoms with Gasteiger partial charge in [-0.05, 0) is 35.4 Å². The number of pyridine rings is 2. The zero-order valence-corrected chi connectivity index (χ0v) is 19.0. The van der Waals surface area contributed by atoms with E-state index in [1.165, 1.54) is 6.19 Å². The number of halogens is 8. The van der Waals surface area contributed by atoms with Crippen LogP contribution in [0.2, 0.25) is 0 Å². The molecule has 194 valence electrons. The van der Waals surface area contributed by atoms with Gasteiger partial charge in [0.05, 0.1) is 40.1 Å². The lowest BCUT2D eigenvalue weighted by molar-refractivity contribution is 0.410. The number of benzene rings is 2. The average molecular weight is 552 g/mol. The molecule has 2 aromatic carbocycles. The largest absolute Gasteiger partial charge is 0.252 e. The van der Waals surface area contributed by atoms with E-state index in [1.807, 2.05) is 0 Å². The first kappa shape index (κ1) is 25.9. The van der Waals surface area contributed by atoms with Crippen molar-refractivity contribution in [2.24, 2.45) is 4.99 Å². The Labute approximate surface area is 217 Å². The molecule has 0 unspecified atom stereocenters. The molecule has 0 atom stereocenters. The van der Waals surface area contributed by atoms with E-state index in [4.69, 9.17) is 0 Å². The molecule has 0 saturated carbocycles. The molecule has 0 bridgehead atoms. The zero-order valence-electron chi connectivity index (χ0n) is 19.0. The van der Waals surface area contributed by atoms with Crippen molar-refractivity contribution in [2.75, 3.05) is 0 Å². The van der Waals surface area contributed by atoms with Gasteiger partial charge in [-0.2, -0.15) is 48.3 Å². The summed E-state index contributed by atoms with van der Waals surface area (Å²) in [5, 5.41) is 28.5. The maximum Gasteiger partial charge on any atom is 0.252 e. The minimum absolute atomic E-state index is 0.0539. The summed E-state index contributed by atoms with van der Waals surface area (Å²) in [6.45, 7) is 0. The van der Waals surface area contributed by atoms with Gasteiger partial charge >= 0.3 is 0 Å². The molecule has 0 amide bonds. The number of hydrogen-bond donors (Lipinski definition) is 0. The highest BCUT2D eigenvalue weighted by Crippen LogP contribution is 2.45. The minimum atomic E-state index is -2.01. The predicted octanol–water partition coefficient (Wildman–Crippen LogP) is 5.97. The molecular weight excluding hydrogens is 548 g/mol. The van der Waals surface area contributed by atoms with Gasteiger partial charge in [0.25, 0.3) is 23.8 Å². The van der Waals surface area contributed by atoms with Crippen molar-refractivity contribution in [3.05, 3.63) is 93.6 Å². The van der Waals surface area contributed by atoms with Gasteiger partial charge in [-0.3, -0.25) is 0 Å². The summed E-state index contributed by atoms with van der Waals surface area (Å²) in [6.07, 6.45) is 1.49. The number of aliphatic imine (C=N–C) groups is 1. The van der Waals surface area contributed by atoms with Crippen molar-refractivity contribution in [1.29, 1.82) is 15.8 Å². The Morgan fingerprint density at radius 3 is 1.15 bits per heavy atom. The third kappa shape index (κ3) is 3.64. The minimum Gasteiger partial charge on any atom is -0.201 e. The molecule has 0 aliphatic heterocycles. The molecular formula is C26H4F8N6. The van der Waals surface area contributed by atoms with Crippen LogP contribution in [0.4, 0.5) is 35.1 Å². The normalized spacial score (nSPS) is 11.4. The second-order valence-electron chi connectivity index (χ2n) is 8.06. The molecule has 40 heavy (non-hydrogen) atoms. The van der Waals surface area contributed by atoms with Crippen LogP contribution in [0.15, 0.2) is 29.3 Å². The number of hydrogen-bond acceptors (Lipinski definition) is 6. The van der Waals surface area contributed by atoms with Crippen molar-refractivity contribution in [2.45, 2.75) is 0 Å². The third-order valence-electron chi connectivity index (χ3n) is 6.05. The molecule has 0 fully saturated rings. The summed E-state index contributed by atoms with van der Waals surface area (Å²) in [6, 6.07) is 6.98. The predicted molar refractivity (Wildman–Crippen MR) is 119 cm³/mol. The van der Waals surface area contributed by atoms with Crippen molar-refractivity contribution < 1.29 is 35.1 Å². The van der Waals surface area contributed by atoms with Crippen molar-refractivity contribution >= 4 is 5.71 Å². The van der Waals surface area contributed by atoms with Crippen molar-refractivity contribution in [3.8, 4) is 51.7 Å². The van der Waals surface area contributed by atoms with Crippen LogP contribution < -0.4 is 0 Å². The summed E-state index contributed by atoms with van der Waals surface area (Å²) >= 11 is 0. The van der Waals surface area contributed by atoms with E-state index in [2.05, 4.69) is 15.0 Å². The lowest BCUT2D eigenvalue weighted by Gasteiger charge is -2.12. The number of fused-ring (bicyclic) bond motifs is 3. The van der Waals surface area contributed by atoms with Crippen LogP contribution in [0, 0.1) is 81.2 Å². The summed E-state index contributed by atoms with van der Waals surface area (Å²) in [4.78, 5) is 8.57. The molecule has 2 heterocycles. The van der Waals surface area contributed by atoms with Crippen LogP contribution in [0.1, 0.15) is 22.3 Å². The fraction of sp³-hybridized carbons (Fsp3) is 0. The molecule has 14 heteroatoms. The lowest BCUT2D eigenvalue weighted by atomic mass is 9.91. The highest BCUT2D eigenvalue weighted by atomic mass is 19.2. The number of nitrogens with zero attached hydrogens (tertiary/aromatic N) is 6. The Morgan fingerprint density at radius 1 is 0.500 bits per heavy atom.